The second kappa shape index (κ2) is 10.2. The molecule has 1 aliphatic carbocycles. The van der Waals surface area contributed by atoms with Crippen molar-refractivity contribution < 1.29 is 9.47 Å². The van der Waals surface area contributed by atoms with Gasteiger partial charge in [-0.25, -0.2) is 9.98 Å². The van der Waals surface area contributed by atoms with E-state index < -0.39 is 0 Å². The van der Waals surface area contributed by atoms with Crippen LogP contribution in [0, 0.1) is 0 Å². The number of hydrogen-bond donors (Lipinski definition) is 2. The highest BCUT2D eigenvalue weighted by Crippen LogP contribution is 2.23. The molecule has 7 heteroatoms. The summed E-state index contributed by atoms with van der Waals surface area (Å²) in [4.78, 5) is 8.66. The molecule has 26 heavy (non-hydrogen) atoms. The third-order valence-electron chi connectivity index (χ3n) is 4.18. The predicted molar refractivity (Wildman–Crippen MR) is 114 cm³/mol. The number of nitrogens with two attached hydrogens (primary N) is 1. The highest BCUT2D eigenvalue weighted by Gasteiger charge is 2.16. The monoisotopic (exact) mass is 468 g/mol. The number of pyridine rings is 1. The van der Waals surface area contributed by atoms with Crippen molar-refractivity contribution >= 4 is 35.6 Å². The van der Waals surface area contributed by atoms with E-state index >= 15 is 0 Å². The van der Waals surface area contributed by atoms with Crippen LogP contribution >= 0.6 is 24.0 Å². The normalized spacial score (nSPS) is 14.6. The Morgan fingerprint density at radius 2 is 1.96 bits per heavy atom. The molecule has 3 N–H and O–H groups in total. The van der Waals surface area contributed by atoms with E-state index in [1.165, 1.54) is 12.8 Å². The van der Waals surface area contributed by atoms with E-state index in [0.29, 0.717) is 24.5 Å². The molecule has 1 fully saturated rings. The van der Waals surface area contributed by atoms with Crippen LogP contribution in [0.4, 0.5) is 5.69 Å². The minimum Gasteiger partial charge on any atom is -0.497 e. The molecule has 0 unspecified atom stereocenters. The molecule has 2 aromatic rings. The summed E-state index contributed by atoms with van der Waals surface area (Å²) in [5.74, 6) is 1.83. The van der Waals surface area contributed by atoms with Crippen LogP contribution in [0.15, 0.2) is 47.6 Å². The summed E-state index contributed by atoms with van der Waals surface area (Å²) in [6.07, 6.45) is 6.76. The number of ether oxygens (including phenoxy) is 2. The molecule has 0 bridgehead atoms. The fourth-order valence-electron chi connectivity index (χ4n) is 2.83. The van der Waals surface area contributed by atoms with Crippen LogP contribution in [0.3, 0.4) is 0 Å². The lowest BCUT2D eigenvalue weighted by atomic mass is 10.2. The van der Waals surface area contributed by atoms with Gasteiger partial charge in [-0.05, 0) is 61.6 Å². The van der Waals surface area contributed by atoms with E-state index in [0.717, 1.165) is 29.8 Å². The van der Waals surface area contributed by atoms with Crippen molar-refractivity contribution in [2.45, 2.75) is 38.3 Å². The van der Waals surface area contributed by atoms with E-state index in [4.69, 9.17) is 15.2 Å². The lowest BCUT2D eigenvalue weighted by Crippen LogP contribution is -2.22. The maximum atomic E-state index is 5.95. The third kappa shape index (κ3) is 6.05. The van der Waals surface area contributed by atoms with Gasteiger partial charge in [-0.3, -0.25) is 0 Å². The van der Waals surface area contributed by atoms with Gasteiger partial charge in [0.1, 0.15) is 11.9 Å². The van der Waals surface area contributed by atoms with E-state index in [-0.39, 0.29) is 24.0 Å². The largest absolute Gasteiger partial charge is 0.497 e. The van der Waals surface area contributed by atoms with Crippen LogP contribution in [-0.4, -0.2) is 24.2 Å². The highest BCUT2D eigenvalue weighted by atomic mass is 127. The molecule has 0 saturated heterocycles. The lowest BCUT2D eigenvalue weighted by molar-refractivity contribution is 0.201. The summed E-state index contributed by atoms with van der Waals surface area (Å²) in [6, 6.07) is 11.4. The molecule has 0 radical (unpaired) electrons. The number of anilines is 1. The quantitative estimate of drug-likeness (QED) is 0.381. The Kier molecular flexibility index (Phi) is 7.96. The standard InChI is InChI=1S/C19H24N4O2.HI/c1-24-16-8-6-15(7-9-16)23-19(20)22-13-14-10-11-21-18(12-14)25-17-4-2-3-5-17;/h6-12,17H,2-5,13H2,1H3,(H3,20,22,23);1H. The van der Waals surface area contributed by atoms with Crippen LogP contribution in [0.25, 0.3) is 0 Å². The zero-order chi connectivity index (χ0) is 17.5. The van der Waals surface area contributed by atoms with Gasteiger partial charge in [0.25, 0.3) is 0 Å². The number of benzene rings is 1. The fourth-order valence-corrected chi connectivity index (χ4v) is 2.83. The van der Waals surface area contributed by atoms with Crippen molar-refractivity contribution in [3.63, 3.8) is 0 Å². The molecule has 1 saturated carbocycles. The maximum absolute atomic E-state index is 5.95. The van der Waals surface area contributed by atoms with Crippen molar-refractivity contribution in [1.82, 2.24) is 4.98 Å². The number of nitrogens with zero attached hydrogens (tertiary/aromatic N) is 2. The molecule has 0 amide bonds. The highest BCUT2D eigenvalue weighted by molar-refractivity contribution is 14.0. The zero-order valence-electron chi connectivity index (χ0n) is 14.9. The van der Waals surface area contributed by atoms with Crippen LogP contribution in [0.5, 0.6) is 11.6 Å². The summed E-state index contributed by atoms with van der Waals surface area (Å²) in [6.45, 7) is 0.471. The number of aromatic nitrogens is 1. The number of hydrogen-bond acceptors (Lipinski definition) is 4. The van der Waals surface area contributed by atoms with E-state index in [2.05, 4.69) is 15.3 Å². The predicted octanol–water partition coefficient (Wildman–Crippen LogP) is 3.96. The second-order valence-electron chi connectivity index (χ2n) is 6.08. The van der Waals surface area contributed by atoms with Gasteiger partial charge < -0.3 is 20.5 Å². The lowest BCUT2D eigenvalue weighted by Gasteiger charge is -2.12. The number of nitrogens with one attached hydrogen (secondary N) is 1. The third-order valence-corrected chi connectivity index (χ3v) is 4.18. The molecule has 0 aliphatic heterocycles. The molecular weight excluding hydrogens is 443 g/mol. The summed E-state index contributed by atoms with van der Waals surface area (Å²) in [7, 11) is 1.64. The topological polar surface area (TPSA) is 81.8 Å². The minimum absolute atomic E-state index is 0. The van der Waals surface area contributed by atoms with Gasteiger partial charge in [0.05, 0.1) is 13.7 Å². The SMILES string of the molecule is COc1ccc(NC(N)=NCc2ccnc(OC3CCCC3)c2)cc1.I. The Hall–Kier alpha value is -2.03. The van der Waals surface area contributed by atoms with Gasteiger partial charge >= 0.3 is 0 Å². The van der Waals surface area contributed by atoms with Crippen molar-refractivity contribution in [1.29, 1.82) is 0 Å². The Bertz CT molecular complexity index is 716. The van der Waals surface area contributed by atoms with Crippen LogP contribution < -0.4 is 20.5 Å². The summed E-state index contributed by atoms with van der Waals surface area (Å²) >= 11 is 0. The Morgan fingerprint density at radius 3 is 2.65 bits per heavy atom. The number of methoxy groups -OCH3 is 1. The summed E-state index contributed by atoms with van der Waals surface area (Å²) < 4.78 is 11.1. The molecule has 1 aromatic heterocycles. The average Bonchev–Trinajstić information content (AvgIpc) is 3.14. The molecule has 1 aromatic carbocycles. The Labute approximate surface area is 171 Å². The number of aliphatic imine (C=N–C) groups is 1. The first-order valence-electron chi connectivity index (χ1n) is 8.55. The number of guanidine groups is 1. The van der Waals surface area contributed by atoms with Gasteiger partial charge in [0.2, 0.25) is 5.88 Å². The van der Waals surface area contributed by atoms with Crippen molar-refractivity contribution in [3.8, 4) is 11.6 Å². The van der Waals surface area contributed by atoms with Crippen molar-refractivity contribution in [2.24, 2.45) is 10.7 Å². The first kappa shape index (κ1) is 20.3. The van der Waals surface area contributed by atoms with E-state index in [9.17, 15) is 0 Å². The maximum Gasteiger partial charge on any atom is 0.213 e. The molecular formula is C19H25IN4O2. The Balaban J connectivity index is 0.00000243. The minimum atomic E-state index is 0. The zero-order valence-corrected chi connectivity index (χ0v) is 17.2. The summed E-state index contributed by atoms with van der Waals surface area (Å²) in [5, 5.41) is 3.06. The van der Waals surface area contributed by atoms with Crippen LogP contribution in [0.1, 0.15) is 31.2 Å². The van der Waals surface area contributed by atoms with Crippen molar-refractivity contribution in [2.75, 3.05) is 12.4 Å². The Morgan fingerprint density at radius 1 is 1.23 bits per heavy atom. The van der Waals surface area contributed by atoms with Gasteiger partial charge in [-0.15, -0.1) is 24.0 Å². The van der Waals surface area contributed by atoms with E-state index in [1.807, 2.05) is 36.4 Å². The number of rotatable bonds is 6. The summed E-state index contributed by atoms with van der Waals surface area (Å²) in [5.41, 5.74) is 7.83. The molecule has 140 valence electrons. The number of halogens is 1. The first-order valence-corrected chi connectivity index (χ1v) is 8.55. The first-order chi connectivity index (χ1) is 12.2. The van der Waals surface area contributed by atoms with E-state index in [1.54, 1.807) is 13.3 Å². The molecule has 1 aliphatic rings. The van der Waals surface area contributed by atoms with Gasteiger partial charge in [-0.1, -0.05) is 0 Å². The van der Waals surface area contributed by atoms with Gasteiger partial charge in [0, 0.05) is 18.0 Å². The molecule has 3 rings (SSSR count). The smallest absolute Gasteiger partial charge is 0.213 e. The fraction of sp³-hybridized carbons (Fsp3) is 0.368. The second-order valence-corrected chi connectivity index (χ2v) is 6.08. The molecule has 0 atom stereocenters. The van der Waals surface area contributed by atoms with Crippen molar-refractivity contribution in [3.05, 3.63) is 48.2 Å². The van der Waals surface area contributed by atoms with Gasteiger partial charge in [-0.2, -0.15) is 0 Å². The molecule has 1 heterocycles. The van der Waals surface area contributed by atoms with Crippen LogP contribution in [-0.2, 0) is 6.54 Å². The average molecular weight is 468 g/mol. The molecule has 6 nitrogen and oxygen atoms in total. The van der Waals surface area contributed by atoms with Crippen LogP contribution in [0.2, 0.25) is 0 Å². The molecule has 0 spiro atoms. The van der Waals surface area contributed by atoms with Gasteiger partial charge in [0.15, 0.2) is 5.96 Å².